The van der Waals surface area contributed by atoms with Gasteiger partial charge in [-0.1, -0.05) is 13.3 Å². The smallest absolute Gasteiger partial charge is 0.325 e. The number of esters is 1. The van der Waals surface area contributed by atoms with Gasteiger partial charge in [-0.2, -0.15) is 0 Å². The van der Waals surface area contributed by atoms with E-state index in [0.717, 1.165) is 12.8 Å². The lowest BCUT2D eigenvalue weighted by Crippen LogP contribution is -2.37. The number of aliphatic hydroxyl groups excluding tert-OH is 1. The maximum absolute atomic E-state index is 11.0. The number of ether oxygens (including phenoxy) is 1. The molecular weight excluding hydrogens is 158 g/mol. The predicted octanol–water partition coefficient (Wildman–Crippen LogP) is 0.0378. The minimum absolute atomic E-state index is 0.111. The molecule has 1 unspecified atom stereocenters. The van der Waals surface area contributed by atoms with Crippen molar-refractivity contribution in [3.8, 4) is 0 Å². The Morgan fingerprint density at radius 3 is 2.67 bits per heavy atom. The number of carbonyl (C=O) groups excluding carboxylic acids is 1. The first-order chi connectivity index (χ1) is 5.61. The van der Waals surface area contributed by atoms with Crippen LogP contribution in [0.5, 0.6) is 0 Å². The van der Waals surface area contributed by atoms with Crippen LogP contribution in [0.15, 0.2) is 0 Å². The second-order valence-electron chi connectivity index (χ2n) is 2.83. The van der Waals surface area contributed by atoms with Crippen LogP contribution in [0.4, 0.5) is 0 Å². The summed E-state index contributed by atoms with van der Waals surface area (Å²) in [4.78, 5) is 11.0. The molecule has 0 radical (unpaired) electrons. The molecule has 0 rings (SSSR count). The molecule has 0 aliphatic carbocycles. The summed E-state index contributed by atoms with van der Waals surface area (Å²) in [5.74, 6) is -0.529. The van der Waals surface area contributed by atoms with Crippen molar-refractivity contribution in [3.63, 3.8) is 0 Å². The first-order valence-corrected chi connectivity index (χ1v) is 4.18. The molecular formula is C8H17NO3. The average molecular weight is 175 g/mol. The molecule has 0 fully saturated rings. The van der Waals surface area contributed by atoms with Crippen LogP contribution in [0, 0.1) is 0 Å². The van der Waals surface area contributed by atoms with Crippen molar-refractivity contribution in [1.29, 1.82) is 0 Å². The van der Waals surface area contributed by atoms with Crippen LogP contribution in [-0.2, 0) is 9.53 Å². The van der Waals surface area contributed by atoms with Crippen molar-refractivity contribution in [1.82, 2.24) is 0 Å². The SMILES string of the molecule is CCCC(C)OC(=O)[C@H](N)CO. The first-order valence-electron chi connectivity index (χ1n) is 4.18. The van der Waals surface area contributed by atoms with E-state index in [1.54, 1.807) is 0 Å². The Morgan fingerprint density at radius 2 is 2.25 bits per heavy atom. The Balaban J connectivity index is 3.67. The summed E-state index contributed by atoms with van der Waals surface area (Å²) in [5, 5.41) is 8.52. The molecule has 0 bridgehead atoms. The van der Waals surface area contributed by atoms with Gasteiger partial charge in [0.05, 0.1) is 12.7 Å². The molecule has 0 saturated heterocycles. The van der Waals surface area contributed by atoms with Crippen molar-refractivity contribution < 1.29 is 14.6 Å². The fraction of sp³-hybridized carbons (Fsp3) is 0.875. The van der Waals surface area contributed by atoms with Crippen molar-refractivity contribution in [2.75, 3.05) is 6.61 Å². The molecule has 0 amide bonds. The van der Waals surface area contributed by atoms with E-state index >= 15 is 0 Å². The molecule has 2 atom stereocenters. The molecule has 0 aromatic carbocycles. The lowest BCUT2D eigenvalue weighted by molar-refractivity contribution is -0.151. The Labute approximate surface area is 72.7 Å². The molecule has 0 aliphatic heterocycles. The zero-order valence-electron chi connectivity index (χ0n) is 7.62. The Morgan fingerprint density at radius 1 is 1.67 bits per heavy atom. The Hall–Kier alpha value is -0.610. The maximum Gasteiger partial charge on any atom is 0.325 e. The largest absolute Gasteiger partial charge is 0.461 e. The summed E-state index contributed by atoms with van der Waals surface area (Å²) in [7, 11) is 0. The summed E-state index contributed by atoms with van der Waals surface area (Å²) < 4.78 is 4.92. The van der Waals surface area contributed by atoms with E-state index in [1.165, 1.54) is 0 Å². The van der Waals surface area contributed by atoms with Gasteiger partial charge in [-0.25, -0.2) is 0 Å². The Bertz CT molecular complexity index is 138. The highest BCUT2D eigenvalue weighted by Gasteiger charge is 2.15. The molecule has 3 N–H and O–H groups in total. The molecule has 0 heterocycles. The Kier molecular flexibility index (Phi) is 5.66. The summed E-state index contributed by atoms with van der Waals surface area (Å²) >= 11 is 0. The average Bonchev–Trinajstić information content (AvgIpc) is 2.03. The first kappa shape index (κ1) is 11.4. The van der Waals surface area contributed by atoms with Gasteiger partial charge in [0, 0.05) is 0 Å². The van der Waals surface area contributed by atoms with Crippen LogP contribution in [0.1, 0.15) is 26.7 Å². The molecule has 0 spiro atoms. The molecule has 4 nitrogen and oxygen atoms in total. The van der Waals surface area contributed by atoms with E-state index in [9.17, 15) is 4.79 Å². The van der Waals surface area contributed by atoms with Gasteiger partial charge < -0.3 is 15.6 Å². The highest BCUT2D eigenvalue weighted by atomic mass is 16.5. The van der Waals surface area contributed by atoms with E-state index < -0.39 is 12.0 Å². The third-order valence-electron chi connectivity index (χ3n) is 1.51. The number of aliphatic hydroxyl groups is 1. The monoisotopic (exact) mass is 175 g/mol. The van der Waals surface area contributed by atoms with Crippen LogP contribution in [0.3, 0.4) is 0 Å². The zero-order valence-corrected chi connectivity index (χ0v) is 7.62. The van der Waals surface area contributed by atoms with Crippen molar-refractivity contribution in [2.24, 2.45) is 5.73 Å². The van der Waals surface area contributed by atoms with E-state index in [2.05, 4.69) is 0 Å². The van der Waals surface area contributed by atoms with Gasteiger partial charge in [0.1, 0.15) is 6.04 Å². The van der Waals surface area contributed by atoms with Gasteiger partial charge in [-0.05, 0) is 13.3 Å². The third kappa shape index (κ3) is 4.31. The lowest BCUT2D eigenvalue weighted by atomic mass is 10.2. The van der Waals surface area contributed by atoms with Crippen LogP contribution in [-0.4, -0.2) is 29.8 Å². The van der Waals surface area contributed by atoms with E-state index in [0.29, 0.717) is 0 Å². The molecule has 72 valence electrons. The van der Waals surface area contributed by atoms with Crippen LogP contribution in [0.25, 0.3) is 0 Å². The second-order valence-corrected chi connectivity index (χ2v) is 2.83. The normalized spacial score (nSPS) is 15.3. The summed E-state index contributed by atoms with van der Waals surface area (Å²) in [6.07, 6.45) is 1.67. The van der Waals surface area contributed by atoms with Gasteiger partial charge >= 0.3 is 5.97 Å². The van der Waals surface area contributed by atoms with E-state index in [-0.39, 0.29) is 12.7 Å². The van der Waals surface area contributed by atoms with Crippen molar-refractivity contribution >= 4 is 5.97 Å². The van der Waals surface area contributed by atoms with Gasteiger partial charge in [0.15, 0.2) is 0 Å². The highest BCUT2D eigenvalue weighted by molar-refractivity contribution is 5.75. The number of carbonyl (C=O) groups is 1. The zero-order chi connectivity index (χ0) is 9.56. The minimum atomic E-state index is -0.899. The fourth-order valence-electron chi connectivity index (χ4n) is 0.826. The van der Waals surface area contributed by atoms with Crippen LogP contribution in [0.2, 0.25) is 0 Å². The standard InChI is InChI=1S/C8H17NO3/c1-3-4-6(2)12-8(11)7(9)5-10/h6-7,10H,3-5,9H2,1-2H3/t6?,7-/m1/s1. The van der Waals surface area contributed by atoms with Crippen molar-refractivity contribution in [2.45, 2.75) is 38.8 Å². The predicted molar refractivity (Wildman–Crippen MR) is 45.5 cm³/mol. The number of hydrogen-bond donors (Lipinski definition) is 2. The molecule has 12 heavy (non-hydrogen) atoms. The molecule has 0 aromatic heterocycles. The van der Waals surface area contributed by atoms with Crippen molar-refractivity contribution in [3.05, 3.63) is 0 Å². The lowest BCUT2D eigenvalue weighted by Gasteiger charge is -2.14. The number of rotatable bonds is 5. The third-order valence-corrected chi connectivity index (χ3v) is 1.51. The van der Waals surface area contributed by atoms with Gasteiger partial charge in [-0.15, -0.1) is 0 Å². The molecule has 0 aromatic rings. The van der Waals surface area contributed by atoms with Gasteiger partial charge in [-0.3, -0.25) is 4.79 Å². The van der Waals surface area contributed by atoms with E-state index in [4.69, 9.17) is 15.6 Å². The summed E-state index contributed by atoms with van der Waals surface area (Å²) in [5.41, 5.74) is 5.24. The van der Waals surface area contributed by atoms with E-state index in [1.807, 2.05) is 13.8 Å². The minimum Gasteiger partial charge on any atom is -0.461 e. The summed E-state index contributed by atoms with van der Waals surface area (Å²) in [6, 6.07) is -0.899. The van der Waals surface area contributed by atoms with Crippen LogP contribution < -0.4 is 5.73 Å². The van der Waals surface area contributed by atoms with Gasteiger partial charge in [0.2, 0.25) is 0 Å². The molecule has 0 saturated carbocycles. The van der Waals surface area contributed by atoms with Crippen LogP contribution >= 0.6 is 0 Å². The highest BCUT2D eigenvalue weighted by Crippen LogP contribution is 2.01. The number of nitrogens with two attached hydrogens (primary N) is 1. The maximum atomic E-state index is 11.0. The van der Waals surface area contributed by atoms with Gasteiger partial charge in [0.25, 0.3) is 0 Å². The second kappa shape index (κ2) is 5.97. The topological polar surface area (TPSA) is 72.5 Å². The molecule has 0 aliphatic rings. The quantitative estimate of drug-likeness (QED) is 0.578. The molecule has 4 heteroatoms. The summed E-state index contributed by atoms with van der Waals surface area (Å²) in [6.45, 7) is 3.46. The number of hydrogen-bond acceptors (Lipinski definition) is 4. The fourth-order valence-corrected chi connectivity index (χ4v) is 0.826.